The number of hydrogen-bond donors (Lipinski definition) is 6. The topological polar surface area (TPSA) is 224 Å². The number of nitrogen functional groups attached to an aromatic ring is 1. The van der Waals surface area contributed by atoms with E-state index in [1.807, 2.05) is 0 Å². The highest BCUT2D eigenvalue weighted by molar-refractivity contribution is 7.53. The van der Waals surface area contributed by atoms with Gasteiger partial charge in [0.1, 0.15) is 24.1 Å². The first-order valence-corrected chi connectivity index (χ1v) is 12.2. The van der Waals surface area contributed by atoms with Gasteiger partial charge in [-0.3, -0.25) is 18.2 Å². The number of hydrogen-bond acceptors (Lipinski definition) is 10. The van der Waals surface area contributed by atoms with Crippen LogP contribution in [0, 0.1) is 0 Å². The Morgan fingerprint density at radius 1 is 1.12 bits per heavy atom. The summed E-state index contributed by atoms with van der Waals surface area (Å²) in [7, 11) is -10.1. The number of ether oxygens (including phenoxy) is 1. The monoisotopic (exact) mass is 493 g/mol. The fourth-order valence-electron chi connectivity index (χ4n) is 2.97. The summed E-state index contributed by atoms with van der Waals surface area (Å²) in [5.41, 5.74) is 4.46. The second kappa shape index (κ2) is 9.49. The van der Waals surface area contributed by atoms with Crippen molar-refractivity contribution in [1.82, 2.24) is 9.55 Å². The molecule has 1 aromatic heterocycles. The lowest BCUT2D eigenvalue weighted by Gasteiger charge is -2.23. The van der Waals surface area contributed by atoms with E-state index in [1.165, 1.54) is 36.5 Å². The molecule has 14 nitrogen and oxygen atoms in total. The minimum absolute atomic E-state index is 0.0680. The molecular formula is C16H21N3O11P2. The zero-order valence-electron chi connectivity index (χ0n) is 16.2. The third kappa shape index (κ3) is 5.69. The van der Waals surface area contributed by atoms with E-state index in [9.17, 15) is 38.8 Å². The van der Waals surface area contributed by atoms with Gasteiger partial charge in [-0.25, -0.2) is 9.36 Å². The molecule has 2 heterocycles. The molecule has 32 heavy (non-hydrogen) atoms. The fraction of sp³-hybridized carbons (Fsp3) is 0.375. The lowest BCUT2D eigenvalue weighted by Crippen LogP contribution is -2.36. The molecule has 3 rings (SSSR count). The van der Waals surface area contributed by atoms with Crippen LogP contribution in [0.5, 0.6) is 0 Å². The molecule has 1 fully saturated rings. The zero-order valence-corrected chi connectivity index (χ0v) is 18.0. The van der Waals surface area contributed by atoms with Gasteiger partial charge in [0, 0.05) is 6.20 Å². The molecule has 16 heteroatoms. The Kier molecular flexibility index (Phi) is 7.32. The summed E-state index contributed by atoms with van der Waals surface area (Å²) in [5.74, 6) is -2.16. The summed E-state index contributed by atoms with van der Waals surface area (Å²) < 4.78 is 39.7. The Morgan fingerprint density at radius 3 is 2.38 bits per heavy atom. The Morgan fingerprint density at radius 2 is 1.78 bits per heavy atom. The van der Waals surface area contributed by atoms with Crippen molar-refractivity contribution < 1.29 is 47.8 Å². The standard InChI is InChI=1S/C16H21N3O11P2/c17-11-6-7-19(16(22)18-11)14-13(21)12(20)10(29-14)8-28-32(26,27)30-15(31(23,24)25)9-4-2-1-3-5-9/h1-7,10,12-15,20-21H,8H2,(H,26,27)(H2,17,18,22)(H2,23,24,25)/t10-,12-,13-,14-,15-/m1/s1. The van der Waals surface area contributed by atoms with Gasteiger partial charge in [0.15, 0.2) is 12.1 Å². The number of aromatic nitrogens is 2. The van der Waals surface area contributed by atoms with E-state index >= 15 is 0 Å². The van der Waals surface area contributed by atoms with Crippen LogP contribution in [0.3, 0.4) is 0 Å². The summed E-state index contributed by atoms with van der Waals surface area (Å²) in [6.45, 7) is -0.817. The van der Waals surface area contributed by atoms with Crippen molar-refractivity contribution in [3.8, 4) is 0 Å². The average molecular weight is 493 g/mol. The van der Waals surface area contributed by atoms with Crippen molar-refractivity contribution in [2.75, 3.05) is 12.3 Å². The Labute approximate surface area is 180 Å². The van der Waals surface area contributed by atoms with Crippen molar-refractivity contribution in [3.63, 3.8) is 0 Å². The minimum Gasteiger partial charge on any atom is -0.387 e. The number of aliphatic hydroxyl groups is 2. The maximum atomic E-state index is 12.3. The first kappa shape index (κ1) is 24.7. The maximum Gasteiger partial charge on any atom is 0.473 e. The summed E-state index contributed by atoms with van der Waals surface area (Å²) in [6, 6.07) is 8.29. The van der Waals surface area contributed by atoms with Crippen LogP contribution >= 0.6 is 15.4 Å². The molecule has 7 N–H and O–H groups in total. The van der Waals surface area contributed by atoms with Crippen LogP contribution in [0.2, 0.25) is 0 Å². The van der Waals surface area contributed by atoms with Gasteiger partial charge in [-0.05, 0) is 11.6 Å². The quantitative estimate of drug-likeness (QED) is 0.254. The van der Waals surface area contributed by atoms with Gasteiger partial charge in [-0.15, -0.1) is 0 Å². The van der Waals surface area contributed by atoms with Crippen molar-refractivity contribution >= 4 is 21.2 Å². The second-order valence-electron chi connectivity index (χ2n) is 6.81. The molecule has 1 aliphatic rings. The summed E-state index contributed by atoms with van der Waals surface area (Å²) in [6.07, 6.45) is -4.88. The lowest BCUT2D eigenvalue weighted by atomic mass is 10.1. The molecule has 0 amide bonds. The highest BCUT2D eigenvalue weighted by Crippen LogP contribution is 2.60. The molecule has 0 spiro atoms. The number of benzene rings is 1. The number of anilines is 1. The SMILES string of the molecule is Nc1ccn([C@@H]2O[C@H](COP(=O)(O)O[C@@H](c3ccccc3)P(=O)(O)O)[C@@H](O)[C@H]2O)c(=O)n1. The molecule has 6 atom stereocenters. The van der Waals surface area contributed by atoms with E-state index in [0.29, 0.717) is 0 Å². The highest BCUT2D eigenvalue weighted by Gasteiger charge is 2.46. The first-order valence-electron chi connectivity index (χ1n) is 9.01. The van der Waals surface area contributed by atoms with Gasteiger partial charge in [0.2, 0.25) is 0 Å². The van der Waals surface area contributed by atoms with Crippen molar-refractivity contribution in [3.05, 3.63) is 58.6 Å². The molecule has 0 saturated carbocycles. The van der Waals surface area contributed by atoms with E-state index in [1.54, 1.807) is 6.07 Å². The molecular weight excluding hydrogens is 472 g/mol. The fourth-order valence-corrected chi connectivity index (χ4v) is 5.15. The average Bonchev–Trinajstić information content (AvgIpc) is 2.99. The van der Waals surface area contributed by atoms with Crippen molar-refractivity contribution in [2.45, 2.75) is 30.4 Å². The minimum atomic E-state index is -5.08. The smallest absolute Gasteiger partial charge is 0.387 e. The largest absolute Gasteiger partial charge is 0.473 e. The molecule has 1 unspecified atom stereocenters. The van der Waals surface area contributed by atoms with Crippen molar-refractivity contribution in [1.29, 1.82) is 0 Å². The van der Waals surface area contributed by atoms with Crippen LogP contribution < -0.4 is 11.4 Å². The number of nitrogens with two attached hydrogens (primary N) is 1. The molecule has 1 aliphatic heterocycles. The molecule has 1 aromatic carbocycles. The molecule has 0 aliphatic carbocycles. The van der Waals surface area contributed by atoms with Crippen LogP contribution in [-0.4, -0.2) is 59.4 Å². The predicted octanol–water partition coefficient (Wildman–Crippen LogP) is -0.545. The van der Waals surface area contributed by atoms with Gasteiger partial charge < -0.3 is 35.4 Å². The van der Waals surface area contributed by atoms with Crippen LogP contribution in [-0.2, 0) is 22.9 Å². The van der Waals surface area contributed by atoms with Crippen LogP contribution in [0.1, 0.15) is 17.6 Å². The number of phosphoric acid groups is 1. The Balaban J connectivity index is 1.70. The molecule has 2 aromatic rings. The number of aliphatic hydroxyl groups excluding tert-OH is 2. The van der Waals surface area contributed by atoms with Crippen LogP contribution in [0.25, 0.3) is 0 Å². The summed E-state index contributed by atoms with van der Waals surface area (Å²) >= 11 is 0. The molecule has 0 radical (unpaired) electrons. The van der Waals surface area contributed by atoms with E-state index in [4.69, 9.17) is 19.5 Å². The lowest BCUT2D eigenvalue weighted by molar-refractivity contribution is -0.0556. The van der Waals surface area contributed by atoms with E-state index in [2.05, 4.69) is 4.98 Å². The second-order valence-corrected chi connectivity index (χ2v) is 9.86. The summed E-state index contributed by atoms with van der Waals surface area (Å²) in [4.78, 5) is 44.4. The number of phosphoric ester groups is 1. The van der Waals surface area contributed by atoms with E-state index in [-0.39, 0.29) is 11.4 Å². The maximum absolute atomic E-state index is 12.3. The zero-order chi connectivity index (χ0) is 23.7. The highest BCUT2D eigenvalue weighted by atomic mass is 31.2. The molecule has 176 valence electrons. The van der Waals surface area contributed by atoms with Crippen LogP contribution in [0.15, 0.2) is 47.4 Å². The van der Waals surface area contributed by atoms with Gasteiger partial charge >= 0.3 is 21.1 Å². The first-order chi connectivity index (χ1) is 14.9. The molecule has 1 saturated heterocycles. The third-order valence-electron chi connectivity index (χ3n) is 4.49. The third-order valence-corrected chi connectivity index (χ3v) is 6.62. The van der Waals surface area contributed by atoms with E-state index < -0.39 is 58.1 Å². The normalized spacial score (nSPS) is 26.5. The van der Waals surface area contributed by atoms with Gasteiger partial charge in [-0.2, -0.15) is 4.98 Å². The Bertz CT molecular complexity index is 1090. The van der Waals surface area contributed by atoms with Crippen LogP contribution in [0.4, 0.5) is 5.82 Å². The van der Waals surface area contributed by atoms with E-state index in [0.717, 1.165) is 4.57 Å². The predicted molar refractivity (Wildman–Crippen MR) is 107 cm³/mol. The molecule has 0 bridgehead atoms. The van der Waals surface area contributed by atoms with Gasteiger partial charge in [0.25, 0.3) is 0 Å². The van der Waals surface area contributed by atoms with Crippen molar-refractivity contribution in [2.24, 2.45) is 0 Å². The number of rotatable bonds is 8. The van der Waals surface area contributed by atoms with Gasteiger partial charge in [0.05, 0.1) is 6.61 Å². The van der Waals surface area contributed by atoms with Gasteiger partial charge in [-0.1, -0.05) is 30.3 Å². The number of nitrogens with zero attached hydrogens (tertiary/aromatic N) is 2. The Hall–Kier alpha value is -1.96. The summed E-state index contributed by atoms with van der Waals surface area (Å²) in [5, 5.41) is 20.4.